The number of rotatable bonds is 5. The molecule has 0 heterocycles. The van der Waals surface area contributed by atoms with E-state index in [0.717, 1.165) is 5.12 Å². The first-order valence-electron chi connectivity index (χ1n) is 2.14. The predicted molar refractivity (Wildman–Crippen MR) is 32.1 cm³/mol. The first-order chi connectivity index (χ1) is 4.35. The summed E-state index contributed by atoms with van der Waals surface area (Å²) in [6, 6.07) is 0. The van der Waals surface area contributed by atoms with Crippen molar-refractivity contribution in [3.63, 3.8) is 0 Å². The van der Waals surface area contributed by atoms with Gasteiger partial charge < -0.3 is 0 Å². The second-order valence-corrected chi connectivity index (χ2v) is 1.49. The highest BCUT2D eigenvalue weighted by atomic mass is 35.5. The molecule has 0 saturated carbocycles. The summed E-state index contributed by atoms with van der Waals surface area (Å²) in [6.07, 6.45) is 1.28. The molecule has 0 fully saturated rings. The van der Waals surface area contributed by atoms with Gasteiger partial charge in [-0.05, 0) is 0 Å². The Kier molecular flexibility index (Phi) is 4.81. The minimum Gasteiger partial charge on any atom is -0.262 e. The smallest absolute Gasteiger partial charge is 0.262 e. The van der Waals surface area contributed by atoms with Crippen LogP contribution < -0.4 is 5.43 Å². The summed E-state index contributed by atoms with van der Waals surface area (Å²) < 4.78 is 0. The second-order valence-electron chi connectivity index (χ2n) is 1.11. The monoisotopic (exact) mass is 150 g/mol. The van der Waals surface area contributed by atoms with Crippen LogP contribution in [0, 0.1) is 4.91 Å². The molecule has 51 valence electrons. The molecule has 0 aliphatic heterocycles. The van der Waals surface area contributed by atoms with Crippen LogP contribution in [0.4, 0.5) is 0 Å². The standard InChI is InChI=1S/C3H5ClN3O2/c4-1-2-7(6-9)5-3-8/h1-2H2,(H,5,8). The first-order valence-corrected chi connectivity index (χ1v) is 2.68. The number of alkyl halides is 1. The van der Waals surface area contributed by atoms with E-state index in [1.165, 1.54) is 6.41 Å². The maximum absolute atomic E-state index is 9.66. The minimum absolute atomic E-state index is 0.181. The molecule has 0 spiro atoms. The number of nitrogens with one attached hydrogen (secondary N) is 1. The van der Waals surface area contributed by atoms with Crippen molar-refractivity contribution in [2.24, 2.45) is 5.29 Å². The fourth-order valence-electron chi connectivity index (χ4n) is 0.250. The van der Waals surface area contributed by atoms with Gasteiger partial charge in [0, 0.05) is 5.88 Å². The zero-order valence-corrected chi connectivity index (χ0v) is 5.26. The van der Waals surface area contributed by atoms with Crippen molar-refractivity contribution < 1.29 is 4.79 Å². The molecule has 1 amide bonds. The summed E-state index contributed by atoms with van der Waals surface area (Å²) in [4.78, 5) is 19.2. The van der Waals surface area contributed by atoms with Crippen LogP contribution in [0.3, 0.4) is 0 Å². The number of halogens is 1. The molecule has 0 atom stereocenters. The fraction of sp³-hybridized carbons (Fsp3) is 0.667. The van der Waals surface area contributed by atoms with Crippen LogP contribution in [-0.2, 0) is 4.79 Å². The number of hydrogen-bond donors (Lipinski definition) is 1. The van der Waals surface area contributed by atoms with Crippen molar-refractivity contribution in [3.05, 3.63) is 4.91 Å². The molecule has 0 saturated heterocycles. The molecule has 0 aromatic rings. The summed E-state index contributed by atoms with van der Waals surface area (Å²) >= 11 is 5.20. The Morgan fingerprint density at radius 2 is 2.44 bits per heavy atom. The van der Waals surface area contributed by atoms with Crippen LogP contribution in [0.25, 0.3) is 0 Å². The van der Waals surface area contributed by atoms with Crippen molar-refractivity contribution in [1.82, 2.24) is 10.5 Å². The van der Waals surface area contributed by atoms with E-state index < -0.39 is 0 Å². The SMILES string of the molecule is O=[C]NN(CCCl)N=O. The quantitative estimate of drug-likeness (QED) is 0.255. The van der Waals surface area contributed by atoms with E-state index in [9.17, 15) is 9.70 Å². The summed E-state index contributed by atoms with van der Waals surface area (Å²) in [6.45, 7) is 0.181. The van der Waals surface area contributed by atoms with E-state index in [1.54, 1.807) is 0 Å². The minimum atomic E-state index is 0.181. The van der Waals surface area contributed by atoms with Crippen molar-refractivity contribution in [1.29, 1.82) is 0 Å². The zero-order valence-electron chi connectivity index (χ0n) is 4.50. The Labute approximate surface area is 56.9 Å². The van der Waals surface area contributed by atoms with Crippen molar-refractivity contribution >= 4 is 18.0 Å². The summed E-state index contributed by atoms with van der Waals surface area (Å²) in [5.74, 6) is 0.223. The molecule has 0 rings (SSSR count). The lowest BCUT2D eigenvalue weighted by Crippen LogP contribution is -2.33. The summed E-state index contributed by atoms with van der Waals surface area (Å²) in [5, 5.41) is 3.14. The molecule has 0 aliphatic carbocycles. The number of hydrogen-bond acceptors (Lipinski definition) is 3. The van der Waals surface area contributed by atoms with Gasteiger partial charge in [-0.25, -0.2) is 5.43 Å². The van der Waals surface area contributed by atoms with Gasteiger partial charge in [0.2, 0.25) is 0 Å². The topological polar surface area (TPSA) is 61.8 Å². The van der Waals surface area contributed by atoms with E-state index in [1.807, 2.05) is 5.43 Å². The first kappa shape index (κ1) is 8.16. The van der Waals surface area contributed by atoms with E-state index in [-0.39, 0.29) is 12.4 Å². The molecule has 9 heavy (non-hydrogen) atoms. The number of carbonyl (C=O) groups excluding carboxylic acids is 1. The van der Waals surface area contributed by atoms with Crippen LogP contribution in [0.5, 0.6) is 0 Å². The molecule has 1 radical (unpaired) electrons. The van der Waals surface area contributed by atoms with Crippen LogP contribution >= 0.6 is 11.6 Å². The number of hydrazine groups is 1. The third kappa shape index (κ3) is 3.72. The normalized spacial score (nSPS) is 8.11. The molecule has 0 aromatic carbocycles. The van der Waals surface area contributed by atoms with Gasteiger partial charge in [0.15, 0.2) is 0 Å². The highest BCUT2D eigenvalue weighted by molar-refractivity contribution is 6.18. The Morgan fingerprint density at radius 1 is 1.78 bits per heavy atom. The van der Waals surface area contributed by atoms with Gasteiger partial charge in [-0.1, -0.05) is 0 Å². The Hall–Kier alpha value is -0.840. The third-order valence-electron chi connectivity index (χ3n) is 0.570. The van der Waals surface area contributed by atoms with E-state index in [2.05, 4.69) is 5.29 Å². The second kappa shape index (κ2) is 5.30. The van der Waals surface area contributed by atoms with Gasteiger partial charge in [0.05, 0.1) is 11.8 Å². The van der Waals surface area contributed by atoms with Crippen LogP contribution in [0.1, 0.15) is 0 Å². The maximum atomic E-state index is 9.66. The van der Waals surface area contributed by atoms with Gasteiger partial charge in [-0.2, -0.15) is 5.12 Å². The summed E-state index contributed by atoms with van der Waals surface area (Å²) in [7, 11) is 0. The average Bonchev–Trinajstić information content (AvgIpc) is 1.88. The van der Waals surface area contributed by atoms with Gasteiger partial charge in [-0.3, -0.25) is 4.79 Å². The molecule has 5 nitrogen and oxygen atoms in total. The maximum Gasteiger partial charge on any atom is 0.330 e. The molecule has 0 bridgehead atoms. The highest BCUT2D eigenvalue weighted by Crippen LogP contribution is 1.82. The zero-order chi connectivity index (χ0) is 7.11. The van der Waals surface area contributed by atoms with Gasteiger partial charge >= 0.3 is 6.41 Å². The van der Waals surface area contributed by atoms with Crippen molar-refractivity contribution in [3.8, 4) is 0 Å². The molecule has 1 N–H and O–H groups in total. The van der Waals surface area contributed by atoms with Gasteiger partial charge in [0.25, 0.3) is 0 Å². The number of nitrogens with zero attached hydrogens (tertiary/aromatic N) is 2. The molecule has 0 aromatic heterocycles. The van der Waals surface area contributed by atoms with Crippen LogP contribution in [0.15, 0.2) is 5.29 Å². The van der Waals surface area contributed by atoms with E-state index >= 15 is 0 Å². The molecule has 0 unspecified atom stereocenters. The lowest BCUT2D eigenvalue weighted by atomic mass is 10.8. The Balaban J connectivity index is 3.40. The Morgan fingerprint density at radius 3 is 2.78 bits per heavy atom. The van der Waals surface area contributed by atoms with Gasteiger partial charge in [0.1, 0.15) is 0 Å². The van der Waals surface area contributed by atoms with E-state index in [4.69, 9.17) is 11.6 Å². The number of nitroso groups, excluding NO2 is 1. The predicted octanol–water partition coefficient (Wildman–Crippen LogP) is -0.220. The molecular formula is C3H5ClN3O2. The van der Waals surface area contributed by atoms with Crippen molar-refractivity contribution in [2.75, 3.05) is 12.4 Å². The largest absolute Gasteiger partial charge is 0.330 e. The molecule has 0 aliphatic rings. The fourth-order valence-corrected chi connectivity index (χ4v) is 0.410. The van der Waals surface area contributed by atoms with Crippen molar-refractivity contribution in [2.45, 2.75) is 0 Å². The highest BCUT2D eigenvalue weighted by Gasteiger charge is 1.96. The Bertz CT molecular complexity index is 99.1. The van der Waals surface area contributed by atoms with Crippen LogP contribution in [0.2, 0.25) is 0 Å². The molecular weight excluding hydrogens is 146 g/mol. The molecule has 6 heteroatoms. The lowest BCUT2D eigenvalue weighted by Gasteiger charge is -2.08. The lowest BCUT2D eigenvalue weighted by molar-refractivity contribution is 0.253. The van der Waals surface area contributed by atoms with Crippen LogP contribution in [-0.4, -0.2) is 24.0 Å². The average molecular weight is 151 g/mol. The van der Waals surface area contributed by atoms with E-state index in [0.29, 0.717) is 0 Å². The third-order valence-corrected chi connectivity index (χ3v) is 0.739. The van der Waals surface area contributed by atoms with Gasteiger partial charge in [-0.15, -0.1) is 16.5 Å². The number of amides is 1. The summed E-state index contributed by atoms with van der Waals surface area (Å²) in [5.41, 5.74) is 1.90.